The fraction of sp³-hybridized carbons (Fsp3) is 0.714. The summed E-state index contributed by atoms with van der Waals surface area (Å²) < 4.78 is 1.83. The number of aromatic nitrogens is 2. The molecule has 0 aliphatic heterocycles. The number of amides is 1. The van der Waals surface area contributed by atoms with Gasteiger partial charge in [-0.05, 0) is 19.8 Å². The molecule has 102 valence electrons. The minimum Gasteiger partial charge on any atom is -0.356 e. The highest BCUT2D eigenvalue weighted by Crippen LogP contribution is 2.12. The molecular weight excluding hydrogens is 226 g/mol. The molecule has 0 fully saturated rings. The molecule has 4 heteroatoms. The van der Waals surface area contributed by atoms with Crippen LogP contribution in [-0.2, 0) is 18.3 Å². The maximum absolute atomic E-state index is 11.9. The normalized spacial score (nSPS) is 11.0. The van der Waals surface area contributed by atoms with Crippen molar-refractivity contribution in [2.45, 2.75) is 47.0 Å². The number of nitrogens with one attached hydrogen (secondary N) is 1. The van der Waals surface area contributed by atoms with Gasteiger partial charge in [-0.1, -0.05) is 26.7 Å². The van der Waals surface area contributed by atoms with E-state index in [1.165, 1.54) is 0 Å². The molecule has 1 N–H and O–H groups in total. The van der Waals surface area contributed by atoms with Crippen LogP contribution in [0.5, 0.6) is 0 Å². The number of nitrogens with zero attached hydrogens (tertiary/aromatic N) is 2. The number of aryl methyl sites for hydroxylation is 2. The Morgan fingerprint density at radius 3 is 2.39 bits per heavy atom. The van der Waals surface area contributed by atoms with Crippen molar-refractivity contribution in [2.75, 3.05) is 6.54 Å². The Bertz CT molecular complexity index is 405. The predicted molar refractivity (Wildman–Crippen MR) is 73.5 cm³/mol. The maximum atomic E-state index is 11.9. The molecule has 1 rings (SSSR count). The summed E-state index contributed by atoms with van der Waals surface area (Å²) in [4.78, 5) is 11.9. The van der Waals surface area contributed by atoms with Crippen LogP contribution < -0.4 is 5.32 Å². The van der Waals surface area contributed by atoms with Crippen molar-refractivity contribution < 1.29 is 4.79 Å². The molecule has 0 radical (unpaired) electrons. The summed E-state index contributed by atoms with van der Waals surface area (Å²) >= 11 is 0. The molecule has 0 spiro atoms. The van der Waals surface area contributed by atoms with Crippen LogP contribution in [0.3, 0.4) is 0 Å². The Hall–Kier alpha value is -1.32. The minimum absolute atomic E-state index is 0.0982. The van der Waals surface area contributed by atoms with Crippen molar-refractivity contribution >= 4 is 5.91 Å². The van der Waals surface area contributed by atoms with E-state index in [2.05, 4.69) is 24.3 Å². The number of hydrogen-bond acceptors (Lipinski definition) is 2. The molecule has 1 aromatic rings. The van der Waals surface area contributed by atoms with Crippen molar-refractivity contribution in [1.29, 1.82) is 0 Å². The van der Waals surface area contributed by atoms with E-state index in [-0.39, 0.29) is 5.91 Å². The zero-order valence-electron chi connectivity index (χ0n) is 12.2. The fourth-order valence-electron chi connectivity index (χ4n) is 2.13. The van der Waals surface area contributed by atoms with E-state index >= 15 is 0 Å². The quantitative estimate of drug-likeness (QED) is 0.842. The molecule has 18 heavy (non-hydrogen) atoms. The van der Waals surface area contributed by atoms with Crippen LogP contribution in [0.2, 0.25) is 0 Å². The average Bonchev–Trinajstić information content (AvgIpc) is 2.57. The van der Waals surface area contributed by atoms with Gasteiger partial charge in [0.1, 0.15) is 0 Å². The molecule has 0 saturated carbocycles. The molecule has 0 atom stereocenters. The van der Waals surface area contributed by atoms with Crippen LogP contribution in [0.4, 0.5) is 0 Å². The molecule has 4 nitrogen and oxygen atoms in total. The van der Waals surface area contributed by atoms with Gasteiger partial charge < -0.3 is 5.32 Å². The highest BCUT2D eigenvalue weighted by atomic mass is 16.1. The zero-order valence-corrected chi connectivity index (χ0v) is 12.2. The molecule has 0 aromatic carbocycles. The van der Waals surface area contributed by atoms with Crippen molar-refractivity contribution in [1.82, 2.24) is 15.1 Å². The highest BCUT2D eigenvalue weighted by Gasteiger charge is 2.14. The Kier molecular flexibility index (Phi) is 5.38. The summed E-state index contributed by atoms with van der Waals surface area (Å²) in [5, 5.41) is 7.35. The van der Waals surface area contributed by atoms with Crippen LogP contribution in [0.1, 0.15) is 43.6 Å². The fourth-order valence-corrected chi connectivity index (χ4v) is 2.13. The third kappa shape index (κ3) is 3.59. The first kappa shape index (κ1) is 14.7. The zero-order chi connectivity index (χ0) is 13.7. The molecular formula is C14H25N3O. The molecule has 0 bridgehead atoms. The first-order chi connectivity index (χ1) is 8.49. The summed E-state index contributed by atoms with van der Waals surface area (Å²) in [5.74, 6) is 0.686. The topological polar surface area (TPSA) is 46.9 Å². The summed E-state index contributed by atoms with van der Waals surface area (Å²) in [7, 11) is 1.91. The van der Waals surface area contributed by atoms with Gasteiger partial charge in [-0.15, -0.1) is 0 Å². The van der Waals surface area contributed by atoms with Gasteiger partial charge >= 0.3 is 0 Å². The van der Waals surface area contributed by atoms with Gasteiger partial charge in [0, 0.05) is 24.8 Å². The predicted octanol–water partition coefficient (Wildman–Crippen LogP) is 2.13. The van der Waals surface area contributed by atoms with Crippen LogP contribution >= 0.6 is 0 Å². The van der Waals surface area contributed by atoms with Gasteiger partial charge in [-0.2, -0.15) is 5.10 Å². The van der Waals surface area contributed by atoms with Gasteiger partial charge in [0.05, 0.1) is 12.1 Å². The van der Waals surface area contributed by atoms with E-state index < -0.39 is 0 Å². The summed E-state index contributed by atoms with van der Waals surface area (Å²) in [6.45, 7) is 9.07. The summed E-state index contributed by atoms with van der Waals surface area (Å²) in [6, 6.07) is 0. The van der Waals surface area contributed by atoms with Crippen molar-refractivity contribution in [2.24, 2.45) is 13.0 Å². The minimum atomic E-state index is 0.0982. The Balaban J connectivity index is 2.54. The second-order valence-electron chi connectivity index (χ2n) is 4.94. The van der Waals surface area contributed by atoms with Gasteiger partial charge in [0.25, 0.3) is 0 Å². The molecule has 0 aliphatic carbocycles. The second-order valence-corrected chi connectivity index (χ2v) is 4.94. The van der Waals surface area contributed by atoms with Gasteiger partial charge in [-0.3, -0.25) is 9.48 Å². The lowest BCUT2D eigenvalue weighted by Crippen LogP contribution is -2.30. The molecule has 0 aliphatic rings. The third-order valence-corrected chi connectivity index (χ3v) is 3.74. The summed E-state index contributed by atoms with van der Waals surface area (Å²) in [6.07, 6.45) is 2.66. The highest BCUT2D eigenvalue weighted by molar-refractivity contribution is 5.79. The van der Waals surface area contributed by atoms with E-state index in [0.717, 1.165) is 36.3 Å². The largest absolute Gasteiger partial charge is 0.356 e. The number of carbonyl (C=O) groups excluding carboxylic acids is 1. The van der Waals surface area contributed by atoms with Gasteiger partial charge in [0.2, 0.25) is 5.91 Å². The third-order valence-electron chi connectivity index (χ3n) is 3.74. The van der Waals surface area contributed by atoms with E-state index in [4.69, 9.17) is 0 Å². The first-order valence-electron chi connectivity index (χ1n) is 6.75. The lowest BCUT2D eigenvalue weighted by Gasteiger charge is -2.13. The molecule has 1 amide bonds. The van der Waals surface area contributed by atoms with Crippen LogP contribution in [-0.4, -0.2) is 22.2 Å². The van der Waals surface area contributed by atoms with Crippen LogP contribution in [0, 0.1) is 19.8 Å². The van der Waals surface area contributed by atoms with Crippen LogP contribution in [0.15, 0.2) is 0 Å². The smallest absolute Gasteiger partial charge is 0.224 e. The lowest BCUT2D eigenvalue weighted by atomic mass is 10.0. The molecule has 1 heterocycles. The Morgan fingerprint density at radius 2 is 1.94 bits per heavy atom. The number of carbonyl (C=O) groups is 1. The standard InChI is InChI=1S/C14H25N3O/c1-6-12(7-2)9-15-14(18)8-13-10(3)16-17(5)11(13)4/h12H,6-9H2,1-5H3,(H,15,18). The van der Waals surface area contributed by atoms with E-state index in [1.807, 2.05) is 25.6 Å². The maximum Gasteiger partial charge on any atom is 0.224 e. The number of rotatable bonds is 6. The van der Waals surface area contributed by atoms with E-state index in [1.54, 1.807) is 0 Å². The monoisotopic (exact) mass is 251 g/mol. The average molecular weight is 251 g/mol. The van der Waals surface area contributed by atoms with Crippen molar-refractivity contribution in [3.05, 3.63) is 17.0 Å². The molecule has 0 saturated heterocycles. The number of hydrogen-bond donors (Lipinski definition) is 1. The van der Waals surface area contributed by atoms with E-state index in [9.17, 15) is 4.79 Å². The van der Waals surface area contributed by atoms with Crippen molar-refractivity contribution in [3.63, 3.8) is 0 Å². The van der Waals surface area contributed by atoms with Gasteiger partial charge in [-0.25, -0.2) is 0 Å². The second kappa shape index (κ2) is 6.57. The molecule has 0 unspecified atom stereocenters. The SMILES string of the molecule is CCC(CC)CNC(=O)Cc1c(C)nn(C)c1C. The lowest BCUT2D eigenvalue weighted by molar-refractivity contribution is -0.120. The molecule has 1 aromatic heterocycles. The first-order valence-corrected chi connectivity index (χ1v) is 6.75. The Labute approximate surface area is 110 Å². The Morgan fingerprint density at radius 1 is 1.33 bits per heavy atom. The summed E-state index contributed by atoms with van der Waals surface area (Å²) in [5.41, 5.74) is 3.08. The van der Waals surface area contributed by atoms with Crippen molar-refractivity contribution in [3.8, 4) is 0 Å². The van der Waals surface area contributed by atoms with E-state index in [0.29, 0.717) is 12.3 Å². The van der Waals surface area contributed by atoms with Gasteiger partial charge in [0.15, 0.2) is 0 Å². The van der Waals surface area contributed by atoms with Crippen LogP contribution in [0.25, 0.3) is 0 Å².